The van der Waals surface area contributed by atoms with Gasteiger partial charge in [-0.1, -0.05) is 24.3 Å². The number of carbonyl (C=O) groups is 1. The van der Waals surface area contributed by atoms with Gasteiger partial charge in [0.05, 0.1) is 12.8 Å². The molecule has 0 aliphatic heterocycles. The number of fused-ring (bicyclic) bond motifs is 1. The van der Waals surface area contributed by atoms with E-state index in [1.807, 2.05) is 61.7 Å². The molecule has 2 aromatic carbocycles. The van der Waals surface area contributed by atoms with E-state index >= 15 is 0 Å². The maximum Gasteiger partial charge on any atom is 0.271 e. The number of aryl methyl sites for hydroxylation is 1. The number of aromatic nitrogens is 2. The van der Waals surface area contributed by atoms with Gasteiger partial charge >= 0.3 is 0 Å². The van der Waals surface area contributed by atoms with E-state index in [4.69, 9.17) is 4.74 Å². The van der Waals surface area contributed by atoms with Gasteiger partial charge < -0.3 is 10.1 Å². The van der Waals surface area contributed by atoms with Crippen LogP contribution >= 0.6 is 11.3 Å². The summed E-state index contributed by atoms with van der Waals surface area (Å²) >= 11 is 1.34. The number of nitrogens with zero attached hydrogens (tertiary/aromatic N) is 2. The molecule has 4 rings (SSSR count). The molecule has 2 aromatic heterocycles. The molecule has 146 valence electrons. The second-order valence-electron chi connectivity index (χ2n) is 6.65. The summed E-state index contributed by atoms with van der Waals surface area (Å²) in [5, 5.41) is 4.69. The summed E-state index contributed by atoms with van der Waals surface area (Å²) < 4.78 is 6.75. The Morgan fingerprint density at radius 2 is 1.97 bits per heavy atom. The van der Waals surface area contributed by atoms with Crippen LogP contribution in [0.3, 0.4) is 0 Å². The molecule has 1 amide bonds. The summed E-state index contributed by atoms with van der Waals surface area (Å²) in [6, 6.07) is 13.1. The Labute approximate surface area is 171 Å². The minimum atomic E-state index is -0.478. The molecule has 7 heteroatoms. The maximum absolute atomic E-state index is 13.2. The molecule has 0 bridgehead atoms. The van der Waals surface area contributed by atoms with Gasteiger partial charge in [-0.15, -0.1) is 11.3 Å². The summed E-state index contributed by atoms with van der Waals surface area (Å²) in [5.41, 5.74) is 3.77. The minimum absolute atomic E-state index is 0.00838. The molecule has 0 saturated carbocycles. The Morgan fingerprint density at radius 1 is 1.17 bits per heavy atom. The number of rotatable bonds is 4. The number of ether oxygens (including phenoxy) is 1. The van der Waals surface area contributed by atoms with Gasteiger partial charge in [-0.25, -0.2) is 4.98 Å². The Bertz CT molecular complexity index is 1290. The van der Waals surface area contributed by atoms with E-state index in [-0.39, 0.29) is 5.56 Å². The molecule has 0 atom stereocenters. The van der Waals surface area contributed by atoms with Gasteiger partial charge in [0.2, 0.25) is 0 Å². The SMILES string of the molecule is COc1cccc(-c2csc3ncc(C(=O)Nc4cccc(C)c4C)c(=O)n23)c1. The van der Waals surface area contributed by atoms with Crippen LogP contribution in [0.4, 0.5) is 5.69 Å². The van der Waals surface area contributed by atoms with Crippen molar-refractivity contribution in [1.82, 2.24) is 9.38 Å². The quantitative estimate of drug-likeness (QED) is 0.549. The van der Waals surface area contributed by atoms with Crippen LogP contribution in [-0.2, 0) is 0 Å². The Morgan fingerprint density at radius 3 is 2.76 bits per heavy atom. The first-order chi connectivity index (χ1) is 14.0. The van der Waals surface area contributed by atoms with Crippen LogP contribution in [0.15, 0.2) is 58.8 Å². The third-order valence-corrected chi connectivity index (χ3v) is 5.75. The van der Waals surface area contributed by atoms with Gasteiger partial charge in [0, 0.05) is 22.8 Å². The molecule has 0 saturated heterocycles. The van der Waals surface area contributed by atoms with E-state index in [0.717, 1.165) is 16.7 Å². The van der Waals surface area contributed by atoms with Gasteiger partial charge in [-0.2, -0.15) is 0 Å². The van der Waals surface area contributed by atoms with Crippen LogP contribution in [0.25, 0.3) is 16.2 Å². The predicted octanol–water partition coefficient (Wildman–Crippen LogP) is 4.30. The van der Waals surface area contributed by atoms with Gasteiger partial charge in [0.15, 0.2) is 4.96 Å². The third kappa shape index (κ3) is 3.40. The highest BCUT2D eigenvalue weighted by Crippen LogP contribution is 2.27. The van der Waals surface area contributed by atoms with Gasteiger partial charge in [0.1, 0.15) is 11.3 Å². The van der Waals surface area contributed by atoms with Crippen molar-refractivity contribution in [2.45, 2.75) is 13.8 Å². The first-order valence-corrected chi connectivity index (χ1v) is 9.89. The van der Waals surface area contributed by atoms with Crippen LogP contribution in [0.1, 0.15) is 21.5 Å². The number of anilines is 1. The number of nitrogens with one attached hydrogen (secondary N) is 1. The second-order valence-corrected chi connectivity index (χ2v) is 7.49. The molecule has 1 N–H and O–H groups in total. The summed E-state index contributed by atoms with van der Waals surface area (Å²) in [5.74, 6) is 0.208. The fourth-order valence-electron chi connectivity index (χ4n) is 3.11. The highest BCUT2D eigenvalue weighted by Gasteiger charge is 2.18. The fraction of sp³-hybridized carbons (Fsp3) is 0.136. The van der Waals surface area contributed by atoms with Gasteiger partial charge in [0.25, 0.3) is 11.5 Å². The smallest absolute Gasteiger partial charge is 0.271 e. The summed E-state index contributed by atoms with van der Waals surface area (Å²) in [4.78, 5) is 30.8. The van der Waals surface area contributed by atoms with Crippen molar-refractivity contribution in [3.8, 4) is 17.0 Å². The number of benzene rings is 2. The first kappa shape index (κ1) is 18.9. The number of hydrogen-bond acceptors (Lipinski definition) is 5. The summed E-state index contributed by atoms with van der Waals surface area (Å²) in [6.45, 7) is 3.90. The molecule has 0 aliphatic rings. The zero-order chi connectivity index (χ0) is 20.5. The fourth-order valence-corrected chi connectivity index (χ4v) is 3.97. The molecule has 0 spiro atoms. The largest absolute Gasteiger partial charge is 0.497 e. The molecule has 29 heavy (non-hydrogen) atoms. The van der Waals surface area contributed by atoms with Crippen LogP contribution in [0.5, 0.6) is 5.75 Å². The maximum atomic E-state index is 13.2. The minimum Gasteiger partial charge on any atom is -0.497 e. The first-order valence-electron chi connectivity index (χ1n) is 9.01. The highest BCUT2D eigenvalue weighted by molar-refractivity contribution is 7.15. The number of amides is 1. The number of methoxy groups -OCH3 is 1. The van der Waals surface area contributed by atoms with Crippen molar-refractivity contribution >= 4 is 27.9 Å². The lowest BCUT2D eigenvalue weighted by Gasteiger charge is -2.10. The second kappa shape index (κ2) is 7.52. The van der Waals surface area contributed by atoms with E-state index in [1.165, 1.54) is 21.9 Å². The van der Waals surface area contributed by atoms with Crippen molar-refractivity contribution in [3.05, 3.63) is 81.1 Å². The molecule has 0 aliphatic carbocycles. The molecule has 0 unspecified atom stereocenters. The molecular weight excluding hydrogens is 386 g/mol. The lowest BCUT2D eigenvalue weighted by atomic mass is 10.1. The number of carbonyl (C=O) groups excluding carboxylic acids is 1. The lowest BCUT2D eigenvalue weighted by molar-refractivity contribution is 0.102. The summed E-state index contributed by atoms with van der Waals surface area (Å²) in [6.07, 6.45) is 1.34. The molecule has 4 aromatic rings. The van der Waals surface area contributed by atoms with Gasteiger partial charge in [-0.05, 0) is 43.2 Å². The zero-order valence-electron chi connectivity index (χ0n) is 16.2. The Kier molecular flexibility index (Phi) is 4.90. The van der Waals surface area contributed by atoms with Crippen molar-refractivity contribution in [3.63, 3.8) is 0 Å². The van der Waals surface area contributed by atoms with E-state index in [1.54, 1.807) is 7.11 Å². The molecule has 2 heterocycles. The van der Waals surface area contributed by atoms with Crippen LogP contribution in [0.2, 0.25) is 0 Å². The molecule has 0 radical (unpaired) electrons. The van der Waals surface area contributed by atoms with Crippen LogP contribution in [0, 0.1) is 13.8 Å². The van der Waals surface area contributed by atoms with E-state index in [0.29, 0.717) is 22.1 Å². The van der Waals surface area contributed by atoms with Crippen molar-refractivity contribution < 1.29 is 9.53 Å². The molecule has 6 nitrogen and oxygen atoms in total. The average Bonchev–Trinajstić information content (AvgIpc) is 3.17. The Hall–Kier alpha value is -3.45. The standard InChI is InChI=1S/C22H19N3O3S/c1-13-6-4-9-18(14(13)2)24-20(26)17-11-23-22-25(21(17)27)19(12-29-22)15-7-5-8-16(10-15)28-3/h4-12H,1-3H3,(H,24,26). The van der Waals surface area contributed by atoms with Crippen LogP contribution in [-0.4, -0.2) is 22.4 Å². The van der Waals surface area contributed by atoms with Crippen molar-refractivity contribution in [1.29, 1.82) is 0 Å². The molecule has 0 fully saturated rings. The Balaban J connectivity index is 1.78. The van der Waals surface area contributed by atoms with Gasteiger partial charge in [-0.3, -0.25) is 14.0 Å². The monoisotopic (exact) mass is 405 g/mol. The predicted molar refractivity (Wildman–Crippen MR) is 115 cm³/mol. The zero-order valence-corrected chi connectivity index (χ0v) is 17.0. The normalized spacial score (nSPS) is 10.9. The van der Waals surface area contributed by atoms with E-state index in [9.17, 15) is 9.59 Å². The third-order valence-electron chi connectivity index (χ3n) is 4.91. The number of thiazole rings is 1. The van der Waals surface area contributed by atoms with E-state index < -0.39 is 11.5 Å². The lowest BCUT2D eigenvalue weighted by Crippen LogP contribution is -2.26. The summed E-state index contributed by atoms with van der Waals surface area (Å²) in [7, 11) is 1.59. The van der Waals surface area contributed by atoms with Crippen molar-refractivity contribution in [2.75, 3.05) is 12.4 Å². The topological polar surface area (TPSA) is 72.7 Å². The highest BCUT2D eigenvalue weighted by atomic mass is 32.1. The van der Waals surface area contributed by atoms with E-state index in [2.05, 4.69) is 10.3 Å². The molecular formula is C22H19N3O3S. The van der Waals surface area contributed by atoms with Crippen LogP contribution < -0.4 is 15.6 Å². The van der Waals surface area contributed by atoms with Crippen molar-refractivity contribution in [2.24, 2.45) is 0 Å². The number of hydrogen-bond donors (Lipinski definition) is 1. The average molecular weight is 405 g/mol.